The molecule has 0 spiro atoms. The van der Waals surface area contributed by atoms with E-state index < -0.39 is 0 Å². The Bertz CT molecular complexity index is 793. The lowest BCUT2D eigenvalue weighted by Gasteiger charge is -2.15. The first-order valence-electron chi connectivity index (χ1n) is 8.35. The van der Waals surface area contributed by atoms with E-state index in [1.807, 2.05) is 31.2 Å². The molecule has 1 N–H and O–H groups in total. The maximum Gasteiger partial charge on any atom is 0.261 e. The highest BCUT2D eigenvalue weighted by Gasteiger charge is 2.15. The Kier molecular flexibility index (Phi) is 4.76. The highest BCUT2D eigenvalue weighted by atomic mass is 16.5. The van der Waals surface area contributed by atoms with E-state index in [4.69, 9.17) is 9.15 Å². The third kappa shape index (κ3) is 3.29. The van der Waals surface area contributed by atoms with Gasteiger partial charge in [-0.25, -0.2) is 4.98 Å². The molecule has 0 amide bonds. The number of benzene rings is 1. The van der Waals surface area contributed by atoms with Gasteiger partial charge in [-0.05, 0) is 32.9 Å². The molecule has 0 unspecified atom stereocenters. The zero-order chi connectivity index (χ0) is 16.2. The van der Waals surface area contributed by atoms with Gasteiger partial charge in [-0.3, -0.25) is 0 Å². The fourth-order valence-corrected chi connectivity index (χ4v) is 2.86. The predicted octanol–water partition coefficient (Wildman–Crippen LogP) is 2.38. The lowest BCUT2D eigenvalue weighted by atomic mass is 10.2. The first-order valence-corrected chi connectivity index (χ1v) is 8.35. The lowest BCUT2D eigenvalue weighted by molar-refractivity contribution is -0.896. The summed E-state index contributed by atoms with van der Waals surface area (Å²) >= 11 is 0. The Balaban J connectivity index is 1.80. The zero-order valence-electron chi connectivity index (χ0n) is 14.1. The van der Waals surface area contributed by atoms with Crippen molar-refractivity contribution in [1.82, 2.24) is 9.97 Å². The number of rotatable bonds is 7. The number of nitrogens with one attached hydrogen (secondary N) is 1. The minimum absolute atomic E-state index is 0.554. The van der Waals surface area contributed by atoms with Crippen LogP contribution in [0.25, 0.3) is 22.1 Å². The number of quaternary nitrogens is 1. The molecule has 5 heteroatoms. The molecule has 3 aromatic rings. The van der Waals surface area contributed by atoms with Crippen LogP contribution in [-0.4, -0.2) is 36.2 Å². The molecule has 0 bridgehead atoms. The minimum atomic E-state index is 0.554. The van der Waals surface area contributed by atoms with E-state index in [0.29, 0.717) is 23.9 Å². The van der Waals surface area contributed by atoms with Crippen LogP contribution in [-0.2, 0) is 0 Å². The second kappa shape index (κ2) is 6.96. The monoisotopic (exact) mass is 314 g/mol. The number of hydrogen-bond donors (Lipinski definition) is 1. The quantitative estimate of drug-likeness (QED) is 0.680. The van der Waals surface area contributed by atoms with Crippen LogP contribution in [0.5, 0.6) is 5.88 Å². The van der Waals surface area contributed by atoms with Crippen molar-refractivity contribution in [1.29, 1.82) is 0 Å². The highest BCUT2D eigenvalue weighted by molar-refractivity contribution is 6.03. The predicted molar refractivity (Wildman–Crippen MR) is 91.1 cm³/mol. The molecule has 5 nitrogen and oxygen atoms in total. The van der Waals surface area contributed by atoms with Crippen molar-refractivity contribution in [2.75, 3.05) is 26.2 Å². The second-order valence-corrected chi connectivity index (χ2v) is 5.76. The Morgan fingerprint density at radius 2 is 1.91 bits per heavy atom. The third-order valence-corrected chi connectivity index (χ3v) is 4.21. The molecule has 0 radical (unpaired) electrons. The molecule has 0 atom stereocenters. The molecule has 23 heavy (non-hydrogen) atoms. The van der Waals surface area contributed by atoms with Gasteiger partial charge in [-0.1, -0.05) is 12.1 Å². The van der Waals surface area contributed by atoms with Crippen LogP contribution < -0.4 is 9.64 Å². The first kappa shape index (κ1) is 15.7. The van der Waals surface area contributed by atoms with Crippen LogP contribution in [0.4, 0.5) is 0 Å². The molecule has 0 aliphatic rings. The second-order valence-electron chi connectivity index (χ2n) is 5.76. The van der Waals surface area contributed by atoms with E-state index in [1.54, 1.807) is 4.90 Å². The fourth-order valence-electron chi connectivity index (χ4n) is 2.86. The number of nitrogens with zero attached hydrogens (tertiary/aromatic N) is 2. The summed E-state index contributed by atoms with van der Waals surface area (Å²) in [6.45, 7) is 10.4. The summed E-state index contributed by atoms with van der Waals surface area (Å²) in [5, 5.41) is 1.01. The van der Waals surface area contributed by atoms with E-state index in [-0.39, 0.29) is 0 Å². The van der Waals surface area contributed by atoms with Crippen molar-refractivity contribution in [3.63, 3.8) is 0 Å². The van der Waals surface area contributed by atoms with Crippen LogP contribution in [0.3, 0.4) is 0 Å². The number of aryl methyl sites for hydroxylation is 1. The largest absolute Gasteiger partial charge is 0.475 e. The Morgan fingerprint density at radius 3 is 2.70 bits per heavy atom. The molecule has 1 aromatic carbocycles. The summed E-state index contributed by atoms with van der Waals surface area (Å²) in [7, 11) is 0. The van der Waals surface area contributed by atoms with E-state index in [0.717, 1.165) is 42.5 Å². The van der Waals surface area contributed by atoms with Gasteiger partial charge in [-0.15, -0.1) is 0 Å². The third-order valence-electron chi connectivity index (χ3n) is 4.21. The van der Waals surface area contributed by atoms with Crippen LogP contribution in [0.2, 0.25) is 0 Å². The van der Waals surface area contributed by atoms with E-state index >= 15 is 0 Å². The van der Waals surface area contributed by atoms with Crippen LogP contribution in [0.1, 0.15) is 26.1 Å². The van der Waals surface area contributed by atoms with Gasteiger partial charge in [0.05, 0.1) is 26.2 Å². The Labute approximate surface area is 136 Å². The average Bonchev–Trinajstić information content (AvgIpc) is 2.94. The van der Waals surface area contributed by atoms with Crippen molar-refractivity contribution in [2.45, 2.75) is 27.2 Å². The van der Waals surface area contributed by atoms with E-state index in [2.05, 4.69) is 23.8 Å². The molecule has 2 aromatic heterocycles. The van der Waals surface area contributed by atoms with Crippen molar-refractivity contribution >= 4 is 22.1 Å². The summed E-state index contributed by atoms with van der Waals surface area (Å²) in [5.41, 5.74) is 2.30. The lowest BCUT2D eigenvalue weighted by Crippen LogP contribution is -3.11. The molecule has 2 heterocycles. The SMILES string of the molecule is CC[NH+](CC)CCCOc1nc(C)nc2c1oc1ccccc12. The molecule has 0 fully saturated rings. The number of furan rings is 1. The average molecular weight is 314 g/mol. The molecule has 122 valence electrons. The first-order chi connectivity index (χ1) is 11.2. The van der Waals surface area contributed by atoms with Gasteiger partial charge >= 0.3 is 0 Å². The minimum Gasteiger partial charge on any atom is -0.475 e. The normalized spacial score (nSPS) is 11.7. The Morgan fingerprint density at radius 1 is 1.13 bits per heavy atom. The van der Waals surface area contributed by atoms with Crippen molar-refractivity contribution < 1.29 is 14.1 Å². The number of hydrogen-bond acceptors (Lipinski definition) is 4. The number of ether oxygens (including phenoxy) is 1. The summed E-state index contributed by atoms with van der Waals surface area (Å²) in [5.74, 6) is 1.26. The standard InChI is InChI=1S/C18H23N3O2/c1-4-21(5-2)11-8-12-22-18-17-16(19-13(3)20-18)14-9-6-7-10-15(14)23-17/h6-7,9-10H,4-5,8,11-12H2,1-3H3/p+1. The van der Waals surface area contributed by atoms with Crippen LogP contribution in [0, 0.1) is 6.92 Å². The van der Waals surface area contributed by atoms with Crippen molar-refractivity contribution in [3.8, 4) is 5.88 Å². The summed E-state index contributed by atoms with van der Waals surface area (Å²) in [6.07, 6.45) is 1.00. The fraction of sp³-hybridized carbons (Fsp3) is 0.444. The molecule has 0 saturated carbocycles. The van der Waals surface area contributed by atoms with Crippen molar-refractivity contribution in [2.24, 2.45) is 0 Å². The summed E-state index contributed by atoms with van der Waals surface area (Å²) < 4.78 is 11.8. The van der Waals surface area contributed by atoms with Gasteiger partial charge in [0.2, 0.25) is 5.58 Å². The van der Waals surface area contributed by atoms with Crippen LogP contribution in [0.15, 0.2) is 28.7 Å². The van der Waals surface area contributed by atoms with Gasteiger partial charge in [0.1, 0.15) is 16.9 Å². The maximum atomic E-state index is 5.91. The molecule has 0 aliphatic heterocycles. The number of fused-ring (bicyclic) bond motifs is 3. The number of aromatic nitrogens is 2. The smallest absolute Gasteiger partial charge is 0.261 e. The highest BCUT2D eigenvalue weighted by Crippen LogP contribution is 2.32. The van der Waals surface area contributed by atoms with Crippen LogP contribution >= 0.6 is 0 Å². The summed E-state index contributed by atoms with van der Waals surface area (Å²) in [4.78, 5) is 10.5. The van der Waals surface area contributed by atoms with E-state index in [1.165, 1.54) is 0 Å². The van der Waals surface area contributed by atoms with Crippen molar-refractivity contribution in [3.05, 3.63) is 30.1 Å². The Hall–Kier alpha value is -2.14. The maximum absolute atomic E-state index is 5.91. The van der Waals surface area contributed by atoms with Gasteiger partial charge in [0.25, 0.3) is 5.88 Å². The number of para-hydroxylation sites is 1. The van der Waals surface area contributed by atoms with E-state index in [9.17, 15) is 0 Å². The zero-order valence-corrected chi connectivity index (χ0v) is 14.1. The van der Waals surface area contributed by atoms with Gasteiger partial charge in [0.15, 0.2) is 0 Å². The molecule has 3 rings (SSSR count). The molecule has 0 saturated heterocycles. The van der Waals surface area contributed by atoms with Gasteiger partial charge < -0.3 is 14.1 Å². The molecular formula is C18H24N3O2+. The van der Waals surface area contributed by atoms with Gasteiger partial charge in [-0.2, -0.15) is 4.98 Å². The molecule has 0 aliphatic carbocycles. The topological polar surface area (TPSA) is 52.6 Å². The molecular weight excluding hydrogens is 290 g/mol. The van der Waals surface area contributed by atoms with Gasteiger partial charge in [0, 0.05) is 11.8 Å². The summed E-state index contributed by atoms with van der Waals surface area (Å²) in [6, 6.07) is 7.90.